The first-order valence-corrected chi connectivity index (χ1v) is 7.93. The summed E-state index contributed by atoms with van der Waals surface area (Å²) in [6.07, 6.45) is 0. The Morgan fingerprint density at radius 3 is 1.89 bits per heavy atom. The van der Waals surface area contributed by atoms with Gasteiger partial charge in [0.25, 0.3) is 0 Å². The van der Waals surface area contributed by atoms with Crippen molar-refractivity contribution in [1.82, 2.24) is 0 Å². The number of hydrogen-bond acceptors (Lipinski definition) is 0. The first-order chi connectivity index (χ1) is 8.57. The van der Waals surface area contributed by atoms with Gasteiger partial charge in [0.2, 0.25) is 0 Å². The minimum absolute atomic E-state index is 0.392. The highest BCUT2D eigenvalue weighted by Crippen LogP contribution is 2.48. The van der Waals surface area contributed by atoms with Crippen LogP contribution in [0.5, 0.6) is 0 Å². The lowest BCUT2D eigenvalue weighted by atomic mass is 9.98. The summed E-state index contributed by atoms with van der Waals surface area (Å²) >= 11 is 10.9. The van der Waals surface area contributed by atoms with E-state index in [1.54, 1.807) is 0 Å². The fourth-order valence-electron chi connectivity index (χ4n) is 2.29. The lowest BCUT2D eigenvalue weighted by Gasteiger charge is -2.17. The van der Waals surface area contributed by atoms with Gasteiger partial charge in [-0.25, -0.2) is 0 Å². The molecule has 0 bridgehead atoms. The van der Waals surface area contributed by atoms with Gasteiger partial charge in [0.05, 0.1) is 0 Å². The van der Waals surface area contributed by atoms with Gasteiger partial charge in [-0.15, -0.1) is 0 Å². The predicted molar refractivity (Wildman–Crippen MR) is 89.9 cm³/mol. The minimum atomic E-state index is -0.392. The van der Waals surface area contributed by atoms with Crippen molar-refractivity contribution in [3.63, 3.8) is 0 Å². The quantitative estimate of drug-likeness (QED) is 0.291. The van der Waals surface area contributed by atoms with Gasteiger partial charge in [0.1, 0.15) is 0 Å². The minimum Gasteiger partial charge on any atom is -0.0616 e. The molecule has 3 rings (SSSR count). The zero-order valence-corrected chi connectivity index (χ0v) is 14.1. The number of alkyl halides is 3. The second-order valence-corrected chi connectivity index (χ2v) is 10.9. The van der Waals surface area contributed by atoms with E-state index in [9.17, 15) is 0 Å². The highest BCUT2D eigenvalue weighted by Gasteiger charge is 2.24. The molecular formula is C15H9Br3. The van der Waals surface area contributed by atoms with E-state index in [4.69, 9.17) is 0 Å². The van der Waals surface area contributed by atoms with Gasteiger partial charge in [-0.1, -0.05) is 96.3 Å². The summed E-state index contributed by atoms with van der Waals surface area (Å²) in [5, 5.41) is 5.04. The van der Waals surface area contributed by atoms with Crippen molar-refractivity contribution in [2.24, 2.45) is 0 Å². The summed E-state index contributed by atoms with van der Waals surface area (Å²) < 4.78 is -0.392. The van der Waals surface area contributed by atoms with Crippen LogP contribution < -0.4 is 0 Å². The molecule has 3 aromatic rings. The van der Waals surface area contributed by atoms with Gasteiger partial charge >= 0.3 is 0 Å². The molecule has 18 heavy (non-hydrogen) atoms. The molecule has 0 amide bonds. The molecule has 0 saturated heterocycles. The number of hydrogen-bond donors (Lipinski definition) is 0. The number of rotatable bonds is 0. The maximum absolute atomic E-state index is 3.63. The van der Waals surface area contributed by atoms with Gasteiger partial charge in [0, 0.05) is 0 Å². The molecule has 0 fully saturated rings. The van der Waals surface area contributed by atoms with E-state index in [2.05, 4.69) is 102 Å². The SMILES string of the molecule is BrC(Br)(Br)c1cc2ccccc2c2ccccc12. The van der Waals surface area contributed by atoms with Crippen LogP contribution in [0, 0.1) is 0 Å². The van der Waals surface area contributed by atoms with E-state index in [0.717, 1.165) is 0 Å². The van der Waals surface area contributed by atoms with E-state index in [1.807, 2.05) is 0 Å². The average Bonchev–Trinajstić information content (AvgIpc) is 2.37. The van der Waals surface area contributed by atoms with Crippen molar-refractivity contribution in [1.29, 1.82) is 0 Å². The summed E-state index contributed by atoms with van der Waals surface area (Å²) in [5.74, 6) is 0. The normalized spacial score (nSPS) is 12.2. The molecule has 3 aromatic carbocycles. The molecular weight excluding hydrogens is 420 g/mol. The monoisotopic (exact) mass is 426 g/mol. The first kappa shape index (κ1) is 12.6. The molecule has 0 saturated carbocycles. The third-order valence-corrected chi connectivity index (χ3v) is 4.35. The summed E-state index contributed by atoms with van der Waals surface area (Å²) in [4.78, 5) is 0. The van der Waals surface area contributed by atoms with E-state index >= 15 is 0 Å². The van der Waals surface area contributed by atoms with Crippen LogP contribution in [0.1, 0.15) is 5.56 Å². The van der Waals surface area contributed by atoms with Crippen LogP contribution in [0.2, 0.25) is 0 Å². The Hall–Kier alpha value is -0.380. The Morgan fingerprint density at radius 2 is 1.22 bits per heavy atom. The van der Waals surface area contributed by atoms with Crippen LogP contribution >= 0.6 is 47.8 Å². The number of fused-ring (bicyclic) bond motifs is 3. The summed E-state index contributed by atoms with van der Waals surface area (Å²) in [6, 6.07) is 19.1. The van der Waals surface area contributed by atoms with Crippen molar-refractivity contribution in [3.05, 3.63) is 60.2 Å². The summed E-state index contributed by atoms with van der Waals surface area (Å²) in [6.45, 7) is 0. The van der Waals surface area contributed by atoms with E-state index < -0.39 is 2.14 Å². The van der Waals surface area contributed by atoms with Gasteiger partial charge in [-0.2, -0.15) is 0 Å². The van der Waals surface area contributed by atoms with Gasteiger partial charge in [-0.3, -0.25) is 0 Å². The summed E-state index contributed by atoms with van der Waals surface area (Å²) in [7, 11) is 0. The lowest BCUT2D eigenvalue weighted by Crippen LogP contribution is -1.99. The fourth-order valence-corrected chi connectivity index (χ4v) is 3.27. The zero-order chi connectivity index (χ0) is 12.8. The highest BCUT2D eigenvalue weighted by molar-refractivity contribution is 9.38. The highest BCUT2D eigenvalue weighted by atomic mass is 80.0. The molecule has 90 valence electrons. The fraction of sp³-hybridized carbons (Fsp3) is 0.0667. The van der Waals surface area contributed by atoms with Crippen molar-refractivity contribution in [2.45, 2.75) is 2.14 Å². The van der Waals surface area contributed by atoms with E-state index in [0.29, 0.717) is 0 Å². The molecule has 0 aliphatic rings. The van der Waals surface area contributed by atoms with Crippen molar-refractivity contribution < 1.29 is 0 Å². The molecule has 0 unspecified atom stereocenters. The van der Waals surface area contributed by atoms with Gasteiger partial charge in [-0.05, 0) is 33.2 Å². The molecule has 0 heterocycles. The number of benzene rings is 3. The Balaban J connectivity index is 2.55. The topological polar surface area (TPSA) is 0 Å². The van der Waals surface area contributed by atoms with Crippen LogP contribution in [0.4, 0.5) is 0 Å². The standard InChI is InChI=1S/C15H9Br3/c16-15(17,18)14-9-10-5-1-2-6-11(10)12-7-3-4-8-13(12)14/h1-9H. The van der Waals surface area contributed by atoms with Crippen LogP contribution in [-0.4, -0.2) is 0 Å². The Bertz CT molecular complexity index is 726. The van der Waals surface area contributed by atoms with Crippen LogP contribution in [0.15, 0.2) is 54.6 Å². The van der Waals surface area contributed by atoms with Crippen molar-refractivity contribution in [3.8, 4) is 0 Å². The van der Waals surface area contributed by atoms with E-state index in [1.165, 1.54) is 27.1 Å². The van der Waals surface area contributed by atoms with Crippen molar-refractivity contribution >= 4 is 69.3 Å². The lowest BCUT2D eigenvalue weighted by molar-refractivity contribution is 1.43. The third kappa shape index (κ3) is 2.13. The molecule has 0 radical (unpaired) electrons. The van der Waals surface area contributed by atoms with Crippen molar-refractivity contribution in [2.75, 3.05) is 0 Å². The maximum Gasteiger partial charge on any atom is 0.160 e. The van der Waals surface area contributed by atoms with E-state index in [-0.39, 0.29) is 0 Å². The molecule has 0 aliphatic carbocycles. The molecule has 0 aliphatic heterocycles. The first-order valence-electron chi connectivity index (χ1n) is 5.55. The molecule has 0 nitrogen and oxygen atoms in total. The zero-order valence-electron chi connectivity index (χ0n) is 9.33. The molecule has 0 aromatic heterocycles. The maximum atomic E-state index is 3.63. The van der Waals surface area contributed by atoms with Crippen LogP contribution in [0.25, 0.3) is 21.5 Å². The molecule has 3 heteroatoms. The summed E-state index contributed by atoms with van der Waals surface area (Å²) in [5.41, 5.74) is 1.18. The molecule has 0 N–H and O–H groups in total. The largest absolute Gasteiger partial charge is 0.160 e. The second kappa shape index (κ2) is 4.62. The second-order valence-electron chi connectivity index (χ2n) is 4.19. The van der Waals surface area contributed by atoms with Crippen LogP contribution in [0.3, 0.4) is 0 Å². The smallest absolute Gasteiger partial charge is 0.0616 e. The number of halogens is 3. The Morgan fingerprint density at radius 1 is 0.667 bits per heavy atom. The van der Waals surface area contributed by atoms with Gasteiger partial charge < -0.3 is 0 Å². The average molecular weight is 429 g/mol. The van der Waals surface area contributed by atoms with Gasteiger partial charge in [0.15, 0.2) is 2.14 Å². The molecule has 0 spiro atoms. The van der Waals surface area contributed by atoms with Crippen LogP contribution in [-0.2, 0) is 2.14 Å². The predicted octanol–water partition coefficient (Wildman–Crippen LogP) is 6.29. The Kier molecular flexibility index (Phi) is 3.25. The Labute approximate surface area is 131 Å². The molecule has 0 atom stereocenters. The third-order valence-electron chi connectivity index (χ3n) is 3.07.